The number of carbonyl (C=O) groups is 1. The molecule has 2 aliphatic rings. The molecule has 3 atom stereocenters. The lowest BCUT2D eigenvalue weighted by atomic mass is 9.94. The van der Waals surface area contributed by atoms with Crippen LogP contribution in [-0.2, 0) is 5.75 Å². The summed E-state index contributed by atoms with van der Waals surface area (Å²) in [5.41, 5.74) is 1.67. The second-order valence-electron chi connectivity index (χ2n) is 9.18. The van der Waals surface area contributed by atoms with Gasteiger partial charge in [0, 0.05) is 29.3 Å². The van der Waals surface area contributed by atoms with E-state index in [1.54, 1.807) is 23.7 Å². The number of amides is 1. The number of ether oxygens (including phenoxy) is 1. The molecule has 1 aromatic heterocycles. The van der Waals surface area contributed by atoms with Gasteiger partial charge in [-0.25, -0.2) is 0 Å². The van der Waals surface area contributed by atoms with Gasteiger partial charge in [0.15, 0.2) is 12.0 Å². The number of aliphatic hydroxyl groups excluding tert-OH is 1. The Morgan fingerprint density at radius 1 is 1.08 bits per heavy atom. The zero-order valence-corrected chi connectivity index (χ0v) is 21.5. The van der Waals surface area contributed by atoms with Crippen molar-refractivity contribution >= 4 is 17.7 Å². The van der Waals surface area contributed by atoms with Crippen molar-refractivity contribution in [1.29, 1.82) is 0 Å². The average Bonchev–Trinajstić information content (AvgIpc) is 3.06. The molecule has 5 rings (SSSR count). The first-order valence-corrected chi connectivity index (χ1v) is 13.1. The molecule has 38 heavy (non-hydrogen) atoms. The predicted octanol–water partition coefficient (Wildman–Crippen LogP) is 4.65. The van der Waals surface area contributed by atoms with E-state index < -0.39 is 48.3 Å². The van der Waals surface area contributed by atoms with Gasteiger partial charge in [0.1, 0.15) is 12.7 Å². The number of carbonyl (C=O) groups excluding carboxylic acids is 1. The molecule has 0 saturated carbocycles. The van der Waals surface area contributed by atoms with Crippen molar-refractivity contribution in [2.24, 2.45) is 0 Å². The Morgan fingerprint density at radius 2 is 1.76 bits per heavy atom. The molecule has 3 aromatic rings. The van der Waals surface area contributed by atoms with Gasteiger partial charge in [-0.2, -0.15) is 13.2 Å². The van der Waals surface area contributed by atoms with E-state index in [4.69, 9.17) is 4.74 Å². The van der Waals surface area contributed by atoms with Crippen molar-refractivity contribution in [2.45, 2.75) is 55.5 Å². The van der Waals surface area contributed by atoms with Gasteiger partial charge in [-0.05, 0) is 29.7 Å². The van der Waals surface area contributed by atoms with E-state index in [0.717, 1.165) is 28.5 Å². The second kappa shape index (κ2) is 10.0. The van der Waals surface area contributed by atoms with E-state index in [2.05, 4.69) is 0 Å². The van der Waals surface area contributed by atoms with Gasteiger partial charge in [-0.3, -0.25) is 19.3 Å². The number of hydrogen-bond donors (Lipinski definition) is 1. The standard InChI is InChI=1S/C27H26F3N3O4S/c1-3-22(35)37-25-20(34)12-13-32-24(25)26(36)31(16(2)27(28,29)30)15-33(32)23-18-9-5-4-8-17(18)14-38-21-11-7-6-10-19(21)23/h4-13,16,22-23,35H,3,14-15H2,1-2H3/t16-,22?,23-/m0/s1. The molecule has 0 aliphatic carbocycles. The minimum atomic E-state index is -4.71. The third-order valence-electron chi connectivity index (χ3n) is 6.86. The fourth-order valence-corrected chi connectivity index (χ4v) is 5.87. The number of rotatable bonds is 5. The van der Waals surface area contributed by atoms with Crippen LogP contribution in [0, 0.1) is 0 Å². The molecular formula is C27H26F3N3O4S. The maximum atomic E-state index is 14.0. The van der Waals surface area contributed by atoms with Crippen LogP contribution in [0.5, 0.6) is 5.75 Å². The molecule has 200 valence electrons. The van der Waals surface area contributed by atoms with Gasteiger partial charge in [0.05, 0.1) is 6.04 Å². The number of hydrogen-bond acceptors (Lipinski definition) is 6. The van der Waals surface area contributed by atoms with Crippen molar-refractivity contribution in [3.63, 3.8) is 0 Å². The molecule has 7 nitrogen and oxygen atoms in total. The van der Waals surface area contributed by atoms with Crippen LogP contribution in [-0.4, -0.2) is 45.8 Å². The zero-order valence-electron chi connectivity index (χ0n) is 20.7. The van der Waals surface area contributed by atoms with Gasteiger partial charge in [-0.1, -0.05) is 49.4 Å². The molecule has 0 spiro atoms. The Morgan fingerprint density at radius 3 is 2.47 bits per heavy atom. The summed E-state index contributed by atoms with van der Waals surface area (Å²) in [5, 5.41) is 11.8. The monoisotopic (exact) mass is 545 g/mol. The maximum absolute atomic E-state index is 14.0. The Hall–Kier alpha value is -3.44. The Bertz CT molecular complexity index is 1380. The number of alkyl halides is 3. The van der Waals surface area contributed by atoms with Crippen molar-refractivity contribution < 1.29 is 27.8 Å². The van der Waals surface area contributed by atoms with Crippen LogP contribution in [0.25, 0.3) is 0 Å². The summed E-state index contributed by atoms with van der Waals surface area (Å²) in [6.45, 7) is 2.13. The van der Waals surface area contributed by atoms with E-state index in [1.165, 1.54) is 16.9 Å². The van der Waals surface area contributed by atoms with Gasteiger partial charge in [-0.15, -0.1) is 11.8 Å². The number of nitrogens with zero attached hydrogens (tertiary/aromatic N) is 3. The van der Waals surface area contributed by atoms with E-state index in [-0.39, 0.29) is 12.1 Å². The second-order valence-corrected chi connectivity index (χ2v) is 10.2. The Labute approximate surface area is 221 Å². The van der Waals surface area contributed by atoms with Crippen molar-refractivity contribution in [1.82, 2.24) is 9.58 Å². The molecule has 1 unspecified atom stereocenters. The fraction of sp³-hybridized carbons (Fsp3) is 0.333. The summed E-state index contributed by atoms with van der Waals surface area (Å²) in [6.07, 6.45) is -4.64. The van der Waals surface area contributed by atoms with Crippen molar-refractivity contribution in [3.8, 4) is 5.75 Å². The highest BCUT2D eigenvalue weighted by atomic mass is 32.2. The van der Waals surface area contributed by atoms with Crippen LogP contribution in [0.15, 0.2) is 70.5 Å². The molecule has 2 aromatic carbocycles. The highest BCUT2D eigenvalue weighted by Gasteiger charge is 2.48. The Balaban J connectivity index is 1.78. The first-order chi connectivity index (χ1) is 18.1. The van der Waals surface area contributed by atoms with E-state index in [1.807, 2.05) is 48.5 Å². The lowest BCUT2D eigenvalue weighted by Gasteiger charge is -2.46. The normalized spacial score (nSPS) is 18.7. The first-order valence-electron chi connectivity index (χ1n) is 12.2. The van der Waals surface area contributed by atoms with Gasteiger partial charge >= 0.3 is 6.18 Å². The predicted molar refractivity (Wildman–Crippen MR) is 137 cm³/mol. The molecule has 0 fully saturated rings. The molecule has 0 bridgehead atoms. The van der Waals surface area contributed by atoms with Crippen LogP contribution >= 0.6 is 11.8 Å². The lowest BCUT2D eigenvalue weighted by Crippen LogP contribution is -2.60. The number of aliphatic hydroxyl groups is 1. The molecule has 1 N–H and O–H groups in total. The molecule has 1 amide bonds. The molecule has 2 aliphatic heterocycles. The fourth-order valence-electron chi connectivity index (χ4n) is 4.77. The molecular weight excluding hydrogens is 519 g/mol. The van der Waals surface area contributed by atoms with Crippen LogP contribution in [0.1, 0.15) is 53.5 Å². The Kier molecular flexibility index (Phi) is 6.91. The summed E-state index contributed by atoms with van der Waals surface area (Å²) in [5.74, 6) is -0.833. The van der Waals surface area contributed by atoms with Gasteiger partial charge in [0.25, 0.3) is 5.91 Å². The van der Waals surface area contributed by atoms with Crippen LogP contribution in [0.3, 0.4) is 0 Å². The smallest absolute Gasteiger partial charge is 0.408 e. The molecule has 0 saturated heterocycles. The number of fused-ring (bicyclic) bond motifs is 3. The summed E-state index contributed by atoms with van der Waals surface area (Å²) in [6, 6.07) is 13.8. The van der Waals surface area contributed by atoms with E-state index in [0.29, 0.717) is 10.7 Å². The summed E-state index contributed by atoms with van der Waals surface area (Å²) >= 11 is 1.63. The van der Waals surface area contributed by atoms with E-state index >= 15 is 0 Å². The number of pyridine rings is 1. The number of aromatic nitrogens is 1. The van der Waals surface area contributed by atoms with Crippen molar-refractivity contribution in [3.05, 3.63) is 93.4 Å². The highest BCUT2D eigenvalue weighted by molar-refractivity contribution is 7.98. The number of thioether (sulfide) groups is 1. The molecule has 0 radical (unpaired) electrons. The van der Waals surface area contributed by atoms with Crippen molar-refractivity contribution in [2.75, 3.05) is 11.7 Å². The first kappa shape index (κ1) is 26.2. The SMILES string of the molecule is CCC(O)Oc1c2n(ccc1=O)N([C@H]1c3ccccc3CSc3ccccc31)CN([C@@H](C)C(F)(F)F)C2=O. The van der Waals surface area contributed by atoms with E-state index in [9.17, 15) is 27.9 Å². The molecule has 11 heteroatoms. The van der Waals surface area contributed by atoms with Crippen LogP contribution in [0.4, 0.5) is 13.2 Å². The lowest BCUT2D eigenvalue weighted by molar-refractivity contribution is -0.173. The number of halogens is 3. The molecule has 3 heterocycles. The largest absolute Gasteiger partial charge is 0.459 e. The maximum Gasteiger partial charge on any atom is 0.408 e. The van der Waals surface area contributed by atoms with Gasteiger partial charge in [0.2, 0.25) is 11.2 Å². The summed E-state index contributed by atoms with van der Waals surface area (Å²) in [4.78, 5) is 28.1. The summed E-state index contributed by atoms with van der Waals surface area (Å²) in [7, 11) is 0. The van der Waals surface area contributed by atoms with Crippen LogP contribution in [0.2, 0.25) is 0 Å². The van der Waals surface area contributed by atoms with Gasteiger partial charge < -0.3 is 14.7 Å². The quantitative estimate of drug-likeness (QED) is 0.471. The average molecular weight is 546 g/mol. The topological polar surface area (TPSA) is 75.0 Å². The minimum absolute atomic E-state index is 0.106. The minimum Gasteiger partial charge on any atom is -0.459 e. The number of benzene rings is 2. The summed E-state index contributed by atoms with van der Waals surface area (Å²) < 4.78 is 48.8. The third kappa shape index (κ3) is 4.54. The highest BCUT2D eigenvalue weighted by Crippen LogP contribution is 2.43. The third-order valence-corrected chi connectivity index (χ3v) is 8.00. The zero-order chi connectivity index (χ0) is 27.2. The van der Waals surface area contributed by atoms with Crippen LogP contribution < -0.4 is 15.2 Å².